The van der Waals surface area contributed by atoms with Gasteiger partial charge in [-0.25, -0.2) is 9.29 Å². The molecule has 1 saturated heterocycles. The number of aromatic amines is 1. The highest BCUT2D eigenvalue weighted by Crippen LogP contribution is 2.34. The van der Waals surface area contributed by atoms with E-state index in [1.54, 1.807) is 23.7 Å². The highest BCUT2D eigenvalue weighted by molar-refractivity contribution is 7.97. The first-order valence-corrected chi connectivity index (χ1v) is 10.6. The van der Waals surface area contributed by atoms with Gasteiger partial charge in [-0.2, -0.15) is 5.10 Å². The molecule has 0 saturated carbocycles. The van der Waals surface area contributed by atoms with Gasteiger partial charge in [0, 0.05) is 38.1 Å². The number of hydrogen-bond acceptors (Lipinski definition) is 7. The van der Waals surface area contributed by atoms with Crippen molar-refractivity contribution in [2.75, 3.05) is 39.8 Å². The van der Waals surface area contributed by atoms with Crippen LogP contribution < -0.4 is 10.3 Å². The molecule has 1 aromatic carbocycles. The van der Waals surface area contributed by atoms with Gasteiger partial charge in [0.15, 0.2) is 5.52 Å². The second-order valence-corrected chi connectivity index (χ2v) is 8.41. The van der Waals surface area contributed by atoms with Crippen molar-refractivity contribution in [1.29, 1.82) is 0 Å². The van der Waals surface area contributed by atoms with E-state index in [0.717, 1.165) is 42.3 Å². The number of piperazine rings is 1. The van der Waals surface area contributed by atoms with Crippen LogP contribution in [0, 0.1) is 6.92 Å². The van der Waals surface area contributed by atoms with Crippen LogP contribution in [-0.2, 0) is 7.05 Å². The Balaban J connectivity index is 1.74. The van der Waals surface area contributed by atoms with E-state index in [1.807, 2.05) is 26.0 Å². The minimum absolute atomic E-state index is 0.201. The topological polar surface area (TPSA) is 79.3 Å². The van der Waals surface area contributed by atoms with Gasteiger partial charge < -0.3 is 14.6 Å². The maximum Gasteiger partial charge on any atom is 0.277 e. The number of H-pyrrole nitrogens is 1. The van der Waals surface area contributed by atoms with Crippen molar-refractivity contribution in [2.45, 2.75) is 18.7 Å². The molecule has 1 N–H and O–H groups in total. The summed E-state index contributed by atoms with van der Waals surface area (Å²) in [6.45, 7) is 8.49. The van der Waals surface area contributed by atoms with Crippen LogP contribution >= 0.6 is 11.9 Å². The van der Waals surface area contributed by atoms with Gasteiger partial charge in [0.2, 0.25) is 0 Å². The Kier molecular flexibility index (Phi) is 5.62. The quantitative estimate of drug-likeness (QED) is 0.642. The standard InChI is InChI=1S/C20H26N6O2S/c1-5-28-16-7-6-14(29-26-10-8-24(3)9-11-26)12-15(16)19-21-17-13(2)23-25(4)18(17)20(27)22-19/h6-7,12H,5,8-11H2,1-4H3,(H,21,22,27). The van der Waals surface area contributed by atoms with E-state index in [-0.39, 0.29) is 5.56 Å². The molecule has 9 heteroatoms. The van der Waals surface area contributed by atoms with Crippen LogP contribution in [0.2, 0.25) is 0 Å². The summed E-state index contributed by atoms with van der Waals surface area (Å²) in [4.78, 5) is 23.8. The third-order valence-corrected chi connectivity index (χ3v) is 6.15. The normalized spacial score (nSPS) is 15.9. The van der Waals surface area contributed by atoms with Gasteiger partial charge in [0.25, 0.3) is 5.56 Å². The zero-order valence-electron chi connectivity index (χ0n) is 17.2. The highest BCUT2D eigenvalue weighted by Gasteiger charge is 2.19. The van der Waals surface area contributed by atoms with Crippen LogP contribution in [0.5, 0.6) is 5.75 Å². The number of hydrogen-bond donors (Lipinski definition) is 1. The first-order valence-electron chi connectivity index (χ1n) is 9.78. The summed E-state index contributed by atoms with van der Waals surface area (Å²) >= 11 is 1.73. The molecule has 1 aliphatic heterocycles. The van der Waals surface area contributed by atoms with Gasteiger partial charge in [0.05, 0.1) is 17.9 Å². The van der Waals surface area contributed by atoms with Crippen molar-refractivity contribution in [3.63, 3.8) is 0 Å². The lowest BCUT2D eigenvalue weighted by Gasteiger charge is -2.31. The number of benzene rings is 1. The molecule has 0 bridgehead atoms. The van der Waals surface area contributed by atoms with Crippen molar-refractivity contribution in [2.24, 2.45) is 7.05 Å². The maximum absolute atomic E-state index is 12.7. The van der Waals surface area contributed by atoms with E-state index in [9.17, 15) is 4.79 Å². The number of ether oxygens (including phenoxy) is 1. The van der Waals surface area contributed by atoms with Gasteiger partial charge in [0.1, 0.15) is 17.1 Å². The van der Waals surface area contributed by atoms with Crippen LogP contribution in [0.4, 0.5) is 0 Å². The minimum Gasteiger partial charge on any atom is -0.493 e. The molecule has 0 amide bonds. The summed E-state index contributed by atoms with van der Waals surface area (Å²) < 4.78 is 9.76. The number of fused-ring (bicyclic) bond motifs is 1. The Bertz CT molecular complexity index is 1080. The number of likely N-dealkylation sites (N-methyl/N-ethyl adjacent to an activating group) is 1. The summed E-state index contributed by atoms with van der Waals surface area (Å²) in [7, 11) is 3.90. The molecule has 3 aromatic rings. The highest BCUT2D eigenvalue weighted by atomic mass is 32.2. The SMILES string of the molecule is CCOc1ccc(SN2CCN(C)CC2)cc1-c1nc2c(C)nn(C)c2c(=O)[nH]1. The predicted molar refractivity (Wildman–Crippen MR) is 115 cm³/mol. The number of rotatable bonds is 5. The van der Waals surface area contributed by atoms with Gasteiger partial charge >= 0.3 is 0 Å². The third-order valence-electron chi connectivity index (χ3n) is 5.06. The summed E-state index contributed by atoms with van der Waals surface area (Å²) in [5, 5.41) is 4.33. The average Bonchev–Trinajstić information content (AvgIpc) is 2.99. The van der Waals surface area contributed by atoms with Crippen LogP contribution in [-0.4, -0.2) is 68.8 Å². The molecule has 0 atom stereocenters. The van der Waals surface area contributed by atoms with Crippen molar-refractivity contribution in [3.8, 4) is 17.1 Å². The summed E-state index contributed by atoms with van der Waals surface area (Å²) in [5.41, 5.74) is 2.41. The average molecular weight is 415 g/mol. The zero-order chi connectivity index (χ0) is 20.5. The molecule has 4 rings (SSSR count). The number of nitrogens with one attached hydrogen (secondary N) is 1. The molecular formula is C20H26N6O2S. The van der Waals surface area contributed by atoms with Gasteiger partial charge in [-0.15, -0.1) is 0 Å². The lowest BCUT2D eigenvalue weighted by molar-refractivity contribution is 0.233. The fraction of sp³-hybridized carbons (Fsp3) is 0.450. The smallest absolute Gasteiger partial charge is 0.277 e. The largest absolute Gasteiger partial charge is 0.493 e. The number of nitrogens with zero attached hydrogens (tertiary/aromatic N) is 5. The molecule has 0 radical (unpaired) electrons. The molecule has 0 spiro atoms. The molecule has 154 valence electrons. The van der Waals surface area contributed by atoms with Crippen molar-refractivity contribution in [3.05, 3.63) is 34.2 Å². The first kappa shape index (κ1) is 19.9. The Morgan fingerprint density at radius 3 is 2.69 bits per heavy atom. The van der Waals surface area contributed by atoms with E-state index >= 15 is 0 Å². The van der Waals surface area contributed by atoms with Crippen molar-refractivity contribution < 1.29 is 4.74 Å². The lowest BCUT2D eigenvalue weighted by atomic mass is 10.2. The molecule has 2 aromatic heterocycles. The summed E-state index contributed by atoms with van der Waals surface area (Å²) in [6.07, 6.45) is 0. The Morgan fingerprint density at radius 1 is 1.21 bits per heavy atom. The monoisotopic (exact) mass is 414 g/mol. The molecule has 3 heterocycles. The van der Waals surface area contributed by atoms with Crippen molar-refractivity contribution in [1.82, 2.24) is 29.0 Å². The summed E-state index contributed by atoms with van der Waals surface area (Å²) in [6, 6.07) is 6.06. The number of aromatic nitrogens is 4. The van der Waals surface area contributed by atoms with E-state index in [2.05, 4.69) is 32.4 Å². The Hall–Kier alpha value is -2.36. The Morgan fingerprint density at radius 2 is 1.97 bits per heavy atom. The van der Waals surface area contributed by atoms with Crippen LogP contribution in [0.3, 0.4) is 0 Å². The van der Waals surface area contributed by atoms with Crippen LogP contribution in [0.1, 0.15) is 12.6 Å². The first-order chi connectivity index (χ1) is 14.0. The van der Waals surface area contributed by atoms with Gasteiger partial charge in [-0.3, -0.25) is 9.48 Å². The summed E-state index contributed by atoms with van der Waals surface area (Å²) in [5.74, 6) is 1.21. The second kappa shape index (κ2) is 8.17. The predicted octanol–water partition coefficient (Wildman–Crippen LogP) is 2.29. The third kappa shape index (κ3) is 4.03. The van der Waals surface area contributed by atoms with E-state index in [0.29, 0.717) is 29.2 Å². The van der Waals surface area contributed by atoms with Crippen molar-refractivity contribution >= 4 is 23.0 Å². The molecular weight excluding hydrogens is 388 g/mol. The molecule has 1 fully saturated rings. The minimum atomic E-state index is -0.201. The molecule has 1 aliphatic rings. The molecule has 0 unspecified atom stereocenters. The van der Waals surface area contributed by atoms with Gasteiger partial charge in [-0.05, 0) is 51.0 Å². The van der Waals surface area contributed by atoms with E-state index in [4.69, 9.17) is 9.72 Å². The van der Waals surface area contributed by atoms with E-state index in [1.165, 1.54) is 0 Å². The van der Waals surface area contributed by atoms with Crippen LogP contribution in [0.15, 0.2) is 27.9 Å². The van der Waals surface area contributed by atoms with E-state index < -0.39 is 0 Å². The molecule has 8 nitrogen and oxygen atoms in total. The second-order valence-electron chi connectivity index (χ2n) is 7.24. The zero-order valence-corrected chi connectivity index (χ0v) is 18.0. The Labute approximate surface area is 174 Å². The fourth-order valence-electron chi connectivity index (χ4n) is 3.53. The molecule has 29 heavy (non-hydrogen) atoms. The van der Waals surface area contributed by atoms with Crippen LogP contribution in [0.25, 0.3) is 22.4 Å². The number of aryl methyl sites for hydroxylation is 2. The fourth-order valence-corrected chi connectivity index (χ4v) is 4.47. The molecule has 0 aliphatic carbocycles. The lowest BCUT2D eigenvalue weighted by Crippen LogP contribution is -2.40. The maximum atomic E-state index is 12.7. The van der Waals surface area contributed by atoms with Gasteiger partial charge in [-0.1, -0.05) is 0 Å².